The Morgan fingerprint density at radius 1 is 1.11 bits per heavy atom. The zero-order valence-corrected chi connectivity index (χ0v) is 26.2. The summed E-state index contributed by atoms with van der Waals surface area (Å²) in [5.74, 6) is 1.15. The van der Waals surface area contributed by atoms with Crippen LogP contribution in [-0.2, 0) is 9.47 Å². The second kappa shape index (κ2) is 12.3. The van der Waals surface area contributed by atoms with E-state index >= 15 is 0 Å². The minimum Gasteiger partial charge on any atom is -0.392 e. The second-order valence-electron chi connectivity index (χ2n) is 13.8. The predicted octanol–water partition coefficient (Wildman–Crippen LogP) is 9.05. The molecule has 0 saturated heterocycles. The summed E-state index contributed by atoms with van der Waals surface area (Å²) in [7, 11) is 3.54. The highest BCUT2D eigenvalue weighted by atomic mass is 16.7. The van der Waals surface area contributed by atoms with Crippen molar-refractivity contribution in [2.45, 2.75) is 120 Å². The highest BCUT2D eigenvalue weighted by Gasteiger charge is 2.54. The minimum absolute atomic E-state index is 0.194. The average Bonchev–Trinajstić information content (AvgIpc) is 3.05. The maximum Gasteiger partial charge on any atom is 0.165 e. The van der Waals surface area contributed by atoms with Gasteiger partial charge in [0.25, 0.3) is 0 Å². The van der Waals surface area contributed by atoms with E-state index in [0.29, 0.717) is 11.8 Å². The minimum atomic E-state index is -0.348. The monoisotopic (exact) mass is 514 g/mol. The van der Waals surface area contributed by atoms with Crippen molar-refractivity contribution < 1.29 is 14.6 Å². The van der Waals surface area contributed by atoms with E-state index in [1.54, 1.807) is 14.2 Å². The summed E-state index contributed by atoms with van der Waals surface area (Å²) in [5.41, 5.74) is 3.84. The smallest absolute Gasteiger partial charge is 0.165 e. The number of hydrogen-bond acceptors (Lipinski definition) is 3. The van der Waals surface area contributed by atoms with Crippen molar-refractivity contribution >= 4 is 0 Å². The van der Waals surface area contributed by atoms with E-state index in [9.17, 15) is 5.11 Å². The van der Waals surface area contributed by atoms with Crippen LogP contribution in [0.4, 0.5) is 0 Å². The van der Waals surface area contributed by atoms with Gasteiger partial charge < -0.3 is 14.6 Å². The Balaban J connectivity index is 2.55. The molecule has 3 heteroatoms. The van der Waals surface area contributed by atoms with Crippen LogP contribution in [0.15, 0.2) is 47.1 Å². The fourth-order valence-corrected chi connectivity index (χ4v) is 7.51. The number of allylic oxidation sites excluding steroid dienone is 6. The molecule has 0 aromatic carbocycles. The SMILES string of the molecule is C/C=C\C1=C([C@@](C)(CC[C@]2(C)[C@@H]([C@H](C)/C=C/C=C(C)C)CCC2(C)C)C(OC)OC)CC[C@H](O)C1(C)C. The number of rotatable bonds is 11. The van der Waals surface area contributed by atoms with Gasteiger partial charge in [-0.05, 0) is 87.5 Å². The predicted molar refractivity (Wildman–Crippen MR) is 158 cm³/mol. The van der Waals surface area contributed by atoms with Crippen molar-refractivity contribution in [3.05, 3.63) is 47.1 Å². The molecule has 37 heavy (non-hydrogen) atoms. The molecule has 2 aliphatic carbocycles. The lowest BCUT2D eigenvalue weighted by Gasteiger charge is -2.50. The van der Waals surface area contributed by atoms with Crippen LogP contribution in [0.1, 0.15) is 108 Å². The molecular weight excluding hydrogens is 456 g/mol. The van der Waals surface area contributed by atoms with Gasteiger partial charge in [0.15, 0.2) is 6.29 Å². The molecule has 2 aliphatic rings. The topological polar surface area (TPSA) is 38.7 Å². The fourth-order valence-electron chi connectivity index (χ4n) is 7.51. The van der Waals surface area contributed by atoms with Crippen molar-refractivity contribution in [2.75, 3.05) is 14.2 Å². The summed E-state index contributed by atoms with van der Waals surface area (Å²) in [5, 5.41) is 10.9. The van der Waals surface area contributed by atoms with Gasteiger partial charge in [-0.3, -0.25) is 0 Å². The van der Waals surface area contributed by atoms with Crippen molar-refractivity contribution in [3.63, 3.8) is 0 Å². The number of aliphatic hydroxyl groups excluding tert-OH is 1. The fraction of sp³-hybridized carbons (Fsp3) is 0.765. The Hall–Kier alpha value is -1.16. The van der Waals surface area contributed by atoms with Crippen LogP contribution < -0.4 is 0 Å². The molecule has 0 heterocycles. The van der Waals surface area contributed by atoms with Crippen LogP contribution in [0, 0.1) is 33.5 Å². The molecule has 0 aromatic rings. The molecule has 0 amide bonds. The summed E-state index contributed by atoms with van der Waals surface area (Å²) < 4.78 is 12.1. The maximum atomic E-state index is 10.9. The Labute approximate surface area is 229 Å². The highest BCUT2D eigenvalue weighted by molar-refractivity contribution is 5.39. The van der Waals surface area contributed by atoms with Gasteiger partial charge in [-0.1, -0.05) is 90.0 Å². The lowest BCUT2D eigenvalue weighted by Crippen LogP contribution is -2.45. The molecule has 0 aliphatic heterocycles. The van der Waals surface area contributed by atoms with Gasteiger partial charge in [0.1, 0.15) is 0 Å². The third-order valence-corrected chi connectivity index (χ3v) is 10.6. The number of hydrogen-bond donors (Lipinski definition) is 1. The second-order valence-corrected chi connectivity index (χ2v) is 13.8. The molecule has 212 valence electrons. The standard InChI is InChI=1S/C34H58O3/c1-13-15-27-28(18-19-29(35)32(27,7)8)33(9,30(36-11)37-12)22-23-34(10)26(20-21-31(34,5)6)25(4)17-14-16-24(2)3/h13-17,25-26,29-30,35H,18-23H2,1-12H3/b15-13-,17-14+/t25-,26-,29+,33-,34-/m1/s1. The van der Waals surface area contributed by atoms with E-state index in [4.69, 9.17) is 9.47 Å². The first-order valence-corrected chi connectivity index (χ1v) is 14.5. The van der Waals surface area contributed by atoms with Crippen LogP contribution in [0.2, 0.25) is 0 Å². The average molecular weight is 515 g/mol. The van der Waals surface area contributed by atoms with Crippen LogP contribution in [0.25, 0.3) is 0 Å². The van der Waals surface area contributed by atoms with E-state index in [-0.39, 0.29) is 34.1 Å². The number of aliphatic hydroxyl groups is 1. The van der Waals surface area contributed by atoms with E-state index < -0.39 is 0 Å². The molecule has 3 nitrogen and oxygen atoms in total. The zero-order valence-electron chi connectivity index (χ0n) is 26.2. The first kappa shape index (κ1) is 32.1. The van der Waals surface area contributed by atoms with Crippen molar-refractivity contribution in [1.29, 1.82) is 0 Å². The molecule has 0 bridgehead atoms. The normalized spacial score (nSPS) is 30.3. The number of ether oxygens (including phenoxy) is 2. The first-order chi connectivity index (χ1) is 17.1. The maximum absolute atomic E-state index is 10.9. The molecule has 1 saturated carbocycles. The van der Waals surface area contributed by atoms with Gasteiger partial charge in [0.2, 0.25) is 0 Å². The molecule has 5 atom stereocenters. The van der Waals surface area contributed by atoms with Crippen LogP contribution in [0.5, 0.6) is 0 Å². The molecule has 1 N–H and O–H groups in total. The molecule has 2 rings (SSSR count). The summed E-state index contributed by atoms with van der Waals surface area (Å²) in [6, 6.07) is 0. The van der Waals surface area contributed by atoms with Gasteiger partial charge in [0, 0.05) is 25.0 Å². The molecule has 0 radical (unpaired) electrons. The summed E-state index contributed by atoms with van der Waals surface area (Å²) in [6.45, 7) is 23.0. The summed E-state index contributed by atoms with van der Waals surface area (Å²) in [4.78, 5) is 0. The van der Waals surface area contributed by atoms with Crippen LogP contribution >= 0.6 is 0 Å². The first-order valence-electron chi connectivity index (χ1n) is 14.5. The molecule has 0 spiro atoms. The molecule has 0 aromatic heterocycles. The largest absolute Gasteiger partial charge is 0.392 e. The number of methoxy groups -OCH3 is 2. The summed E-state index contributed by atoms with van der Waals surface area (Å²) >= 11 is 0. The Morgan fingerprint density at radius 2 is 1.73 bits per heavy atom. The third kappa shape index (κ3) is 6.36. The Kier molecular flexibility index (Phi) is 10.7. The Morgan fingerprint density at radius 3 is 2.27 bits per heavy atom. The summed E-state index contributed by atoms with van der Waals surface area (Å²) in [6.07, 6.45) is 16.8. The highest BCUT2D eigenvalue weighted by Crippen LogP contribution is 2.62. The van der Waals surface area contributed by atoms with Crippen LogP contribution in [0.3, 0.4) is 0 Å². The Bertz CT molecular complexity index is 881. The lowest BCUT2D eigenvalue weighted by molar-refractivity contribution is -0.168. The van der Waals surface area contributed by atoms with Crippen LogP contribution in [-0.4, -0.2) is 31.7 Å². The quantitative estimate of drug-likeness (QED) is 0.221. The van der Waals surface area contributed by atoms with Crippen molar-refractivity contribution in [2.24, 2.45) is 33.5 Å². The van der Waals surface area contributed by atoms with Gasteiger partial charge >= 0.3 is 0 Å². The van der Waals surface area contributed by atoms with Crippen molar-refractivity contribution in [1.82, 2.24) is 0 Å². The molecule has 1 fully saturated rings. The van der Waals surface area contributed by atoms with E-state index in [0.717, 1.165) is 25.7 Å². The lowest BCUT2D eigenvalue weighted by atomic mass is 9.57. The molecular formula is C34H58O3. The van der Waals surface area contributed by atoms with Gasteiger partial charge in [0.05, 0.1) is 6.10 Å². The van der Waals surface area contributed by atoms with Gasteiger partial charge in [-0.2, -0.15) is 0 Å². The van der Waals surface area contributed by atoms with Gasteiger partial charge in [-0.25, -0.2) is 0 Å². The van der Waals surface area contributed by atoms with Gasteiger partial charge in [-0.15, -0.1) is 0 Å². The van der Waals surface area contributed by atoms with Crippen molar-refractivity contribution in [3.8, 4) is 0 Å². The van der Waals surface area contributed by atoms with E-state index in [1.165, 1.54) is 29.6 Å². The van der Waals surface area contributed by atoms with E-state index in [2.05, 4.69) is 99.6 Å². The molecule has 0 unspecified atom stereocenters. The van der Waals surface area contributed by atoms with E-state index in [1.807, 2.05) is 0 Å². The third-order valence-electron chi connectivity index (χ3n) is 10.6. The zero-order chi connectivity index (χ0) is 28.2.